The molecule has 12 N–H and O–H groups in total. The molecule has 0 unspecified atom stereocenters. The van der Waals surface area contributed by atoms with Crippen LogP contribution in [-0.2, 0) is 21.9 Å². The minimum absolute atomic E-state index is 0. The maximum absolute atomic E-state index is 4.87. The van der Waals surface area contributed by atoms with Crippen LogP contribution >= 0.6 is 60.9 Å². The second-order valence-electron chi connectivity index (χ2n) is 0.286. The molecule has 14 heteroatoms. The van der Waals surface area contributed by atoms with Gasteiger partial charge in [-0.1, -0.05) is 0 Å². The molecule has 0 heterocycles. The maximum atomic E-state index is 4.87. The summed E-state index contributed by atoms with van der Waals surface area (Å²) in [6, 6.07) is 0. The van der Waals surface area contributed by atoms with Crippen molar-refractivity contribution in [2.24, 2.45) is 0 Å². The van der Waals surface area contributed by atoms with E-state index < -0.39 is 21.9 Å². The zero-order valence-corrected chi connectivity index (χ0v) is 12.6. The molecule has 0 radical (unpaired) electrons. The predicted octanol–water partition coefficient (Wildman–Crippen LogP) is -0.816. The van der Waals surface area contributed by atoms with Crippen LogP contribution in [0.4, 0.5) is 0 Å². The Morgan fingerprint density at radius 1 is 0.357 bits per heavy atom. The molecule has 6 nitrogen and oxygen atoms in total. The summed E-state index contributed by atoms with van der Waals surface area (Å²) in [4.78, 5) is 0. The van der Waals surface area contributed by atoms with E-state index in [0.29, 0.717) is 0 Å². The van der Waals surface area contributed by atoms with E-state index in [2.05, 4.69) is 0 Å². The van der Waals surface area contributed by atoms with Gasteiger partial charge in [-0.2, -0.15) is 0 Å². The van der Waals surface area contributed by atoms with Crippen molar-refractivity contribution < 1.29 is 54.8 Å². The van der Waals surface area contributed by atoms with Gasteiger partial charge >= 0.3 is 82.8 Å². The summed E-state index contributed by atoms with van der Waals surface area (Å²) in [6.07, 6.45) is 0. The first-order chi connectivity index (χ1) is 3.46. The third-order valence-electron chi connectivity index (χ3n) is 0. The van der Waals surface area contributed by atoms with E-state index in [9.17, 15) is 0 Å². The molecule has 0 aromatic carbocycles. The molecule has 0 aromatic heterocycles. The van der Waals surface area contributed by atoms with E-state index in [1.165, 1.54) is 0 Å². The molecule has 0 aromatic rings. The number of hydrogen-bond acceptors (Lipinski definition) is 0. The van der Waals surface area contributed by atoms with Crippen LogP contribution < -0.4 is 0 Å². The van der Waals surface area contributed by atoms with Gasteiger partial charge in [0.1, 0.15) is 0 Å². The van der Waals surface area contributed by atoms with Crippen LogP contribution in [0.1, 0.15) is 0 Å². The Kier molecular flexibility index (Phi) is 177. The van der Waals surface area contributed by atoms with Gasteiger partial charge in [-0.25, -0.2) is 0 Å². The molecule has 14 heavy (non-hydrogen) atoms. The second-order valence-corrected chi connectivity index (χ2v) is 10.6. The molecule has 0 spiro atoms. The Hall–Kier alpha value is 2.51. The summed E-state index contributed by atoms with van der Waals surface area (Å²) in [7, 11) is 26.8. The van der Waals surface area contributed by atoms with E-state index in [4.69, 9.17) is 60.9 Å². The third kappa shape index (κ3) is 420. The van der Waals surface area contributed by atoms with Gasteiger partial charge in [-0.3, -0.25) is 0 Å². The van der Waals surface area contributed by atoms with Crippen LogP contribution in [0.3, 0.4) is 0 Å². The third-order valence-corrected chi connectivity index (χ3v) is 0. The van der Waals surface area contributed by atoms with Crippen LogP contribution in [0.5, 0.6) is 0 Å². The average Bonchev–Trinajstić information content (AvgIpc) is 1.25. The zero-order valence-electron chi connectivity index (χ0n) is 5.93. The summed E-state index contributed by atoms with van der Waals surface area (Å²) < 4.78 is 0. The quantitative estimate of drug-likeness (QED) is 0.457. The number of halogens is 6. The Morgan fingerprint density at radius 3 is 0.357 bits per heavy atom. The van der Waals surface area contributed by atoms with Crippen molar-refractivity contribution in [3.8, 4) is 0 Å². The van der Waals surface area contributed by atoms with Crippen molar-refractivity contribution in [2.75, 3.05) is 0 Å². The summed E-state index contributed by atoms with van der Waals surface area (Å²) in [6.45, 7) is 0. The van der Waals surface area contributed by atoms with Crippen LogP contribution in [-0.4, -0.2) is 32.9 Å². The molecule has 0 saturated carbocycles. The van der Waals surface area contributed by atoms with Gasteiger partial charge in [0, 0.05) is 0 Å². The van der Waals surface area contributed by atoms with Crippen molar-refractivity contribution in [3.63, 3.8) is 0 Å². The zero-order chi connectivity index (χ0) is 7.15. The molecule has 0 atom stereocenters. The fraction of sp³-hybridized carbons (Fsp3) is 0. The minimum atomic E-state index is -1.19. The first-order valence-corrected chi connectivity index (χ1v) is 9.35. The fourth-order valence-corrected chi connectivity index (χ4v) is 0. The summed E-state index contributed by atoms with van der Waals surface area (Å²) >= 11 is 0. The molecule has 0 fully saturated rings. The van der Waals surface area contributed by atoms with Gasteiger partial charge in [-0.05, 0) is 0 Å². The number of hydrogen-bond donors (Lipinski definition) is 0. The van der Waals surface area contributed by atoms with Crippen LogP contribution in [0.2, 0.25) is 0 Å². The first kappa shape index (κ1) is 54.8. The van der Waals surface area contributed by atoms with Gasteiger partial charge in [0.05, 0.1) is 0 Å². The molecular formula is H12Cl6Co2O6. The topological polar surface area (TPSA) is 189 Å². The van der Waals surface area contributed by atoms with Crippen LogP contribution in [0.25, 0.3) is 0 Å². The molecule has 0 bridgehead atoms. The molecule has 108 valence electrons. The van der Waals surface area contributed by atoms with E-state index in [1.807, 2.05) is 0 Å². The van der Waals surface area contributed by atoms with Crippen LogP contribution in [0.15, 0.2) is 0 Å². The monoisotopic (exact) mass is 436 g/mol. The molecule has 0 amide bonds. The van der Waals surface area contributed by atoms with E-state index in [-0.39, 0.29) is 32.9 Å². The Labute approximate surface area is 115 Å². The summed E-state index contributed by atoms with van der Waals surface area (Å²) in [5.74, 6) is 0. The molecule has 0 rings (SSSR count). The molecule has 0 aliphatic carbocycles. The van der Waals surface area contributed by atoms with Crippen molar-refractivity contribution in [3.05, 3.63) is 0 Å². The summed E-state index contributed by atoms with van der Waals surface area (Å²) in [5.41, 5.74) is 0. The number of rotatable bonds is 0. The summed E-state index contributed by atoms with van der Waals surface area (Å²) in [5, 5.41) is 0. The van der Waals surface area contributed by atoms with Crippen LogP contribution in [0, 0.1) is 0 Å². The van der Waals surface area contributed by atoms with Crippen molar-refractivity contribution in [2.45, 2.75) is 0 Å². The SMILES string of the molecule is O.O.O.O.O.O.[Cl][Co]([Cl])[Cl].[Cl][Co]([Cl])[Cl]. The normalized spacial score (nSPS) is 6.43. The van der Waals surface area contributed by atoms with E-state index in [0.717, 1.165) is 0 Å². The molecule has 0 aliphatic rings. The Morgan fingerprint density at radius 2 is 0.357 bits per heavy atom. The predicted molar refractivity (Wildman–Crippen MR) is 56.8 cm³/mol. The van der Waals surface area contributed by atoms with Gasteiger partial charge in [0.15, 0.2) is 0 Å². The first-order valence-electron chi connectivity index (χ1n) is 0.756. The van der Waals surface area contributed by atoms with Crippen molar-refractivity contribution >= 4 is 60.9 Å². The van der Waals surface area contributed by atoms with Crippen molar-refractivity contribution in [1.82, 2.24) is 0 Å². The Balaban J connectivity index is -0.00000000600. The second kappa shape index (κ2) is 45.1. The molecular weight excluding hydrogens is 427 g/mol. The fourth-order valence-electron chi connectivity index (χ4n) is 0. The van der Waals surface area contributed by atoms with E-state index >= 15 is 0 Å². The Bertz CT molecular complexity index is 35.8. The van der Waals surface area contributed by atoms with Gasteiger partial charge in [0.2, 0.25) is 0 Å². The van der Waals surface area contributed by atoms with Crippen molar-refractivity contribution in [1.29, 1.82) is 0 Å². The van der Waals surface area contributed by atoms with Gasteiger partial charge in [0.25, 0.3) is 0 Å². The van der Waals surface area contributed by atoms with E-state index in [1.54, 1.807) is 0 Å². The molecule has 0 aliphatic heterocycles. The molecule has 0 saturated heterocycles. The van der Waals surface area contributed by atoms with Gasteiger partial charge < -0.3 is 32.9 Å². The standard InChI is InChI=1S/6ClH.2Co.6H2O/h6*1H;;;6*1H2/q;;;;;;2*+3;;;;;;/p-6. The van der Waals surface area contributed by atoms with Gasteiger partial charge in [-0.15, -0.1) is 0 Å². The average molecular weight is 439 g/mol.